The minimum absolute atomic E-state index is 0.211. The van der Waals surface area contributed by atoms with Crippen LogP contribution in [0.2, 0.25) is 0 Å². The van der Waals surface area contributed by atoms with Gasteiger partial charge in [-0.2, -0.15) is 0 Å². The highest BCUT2D eigenvalue weighted by atomic mass is 32.2. The molecule has 0 fully saturated rings. The summed E-state index contributed by atoms with van der Waals surface area (Å²) < 4.78 is 11.4. The number of amides is 1. The Morgan fingerprint density at radius 3 is 2.39 bits per heavy atom. The van der Waals surface area contributed by atoms with E-state index in [1.807, 2.05) is 0 Å². The first-order chi connectivity index (χ1) is 8.32. The first-order valence-electron chi connectivity index (χ1n) is 4.99. The van der Waals surface area contributed by atoms with Gasteiger partial charge in [-0.05, 0) is 5.56 Å². The molecule has 0 aliphatic rings. The minimum atomic E-state index is -4.37. The van der Waals surface area contributed by atoms with E-state index in [2.05, 4.69) is 0 Å². The molecule has 8 heteroatoms. The molecule has 1 rings (SSSR count). The molecule has 0 saturated carbocycles. The second-order valence-corrected chi connectivity index (χ2v) is 6.72. The van der Waals surface area contributed by atoms with Gasteiger partial charge in [0.05, 0.1) is 5.75 Å². The van der Waals surface area contributed by atoms with Crippen LogP contribution < -0.4 is 0 Å². The maximum Gasteiger partial charge on any atom is 0.342 e. The maximum atomic E-state index is 11.4. The van der Waals surface area contributed by atoms with Gasteiger partial charge in [0.15, 0.2) is 0 Å². The Morgan fingerprint density at radius 2 is 1.94 bits per heavy atom. The van der Waals surface area contributed by atoms with Crippen LogP contribution in [0.4, 0.5) is 0 Å². The maximum absolute atomic E-state index is 11.4. The number of carbonyl (C=O) groups excluding carboxylic acids is 1. The molecule has 18 heavy (non-hydrogen) atoms. The third-order valence-electron chi connectivity index (χ3n) is 2.12. The highest BCUT2D eigenvalue weighted by Gasteiger charge is 2.31. The number of hydroxylamine groups is 2. The minimum Gasteiger partial charge on any atom is -0.323 e. The van der Waals surface area contributed by atoms with Crippen LogP contribution >= 0.6 is 19.4 Å². The zero-order chi connectivity index (χ0) is 13.8. The number of rotatable bonds is 5. The van der Waals surface area contributed by atoms with Gasteiger partial charge in [-0.3, -0.25) is 14.6 Å². The lowest BCUT2D eigenvalue weighted by Crippen LogP contribution is -2.24. The van der Waals surface area contributed by atoms with Gasteiger partial charge < -0.3 is 9.79 Å². The Morgan fingerprint density at radius 1 is 1.39 bits per heavy atom. The Bertz CT molecular complexity index is 447. The Kier molecular flexibility index (Phi) is 5.37. The van der Waals surface area contributed by atoms with E-state index in [-0.39, 0.29) is 5.75 Å². The SMILES string of the molecule is CN(O)C(=O)CS[C@@H](c1ccccc1)P(=O)(O)O. The zero-order valence-electron chi connectivity index (χ0n) is 9.63. The summed E-state index contributed by atoms with van der Waals surface area (Å²) in [5, 5.41) is 9.28. The normalized spacial score (nSPS) is 13.1. The molecular formula is C10H14NO5PS. The first kappa shape index (κ1) is 15.2. The largest absolute Gasteiger partial charge is 0.342 e. The molecule has 0 radical (unpaired) electrons. The Labute approximate surface area is 109 Å². The van der Waals surface area contributed by atoms with Crippen molar-refractivity contribution in [2.24, 2.45) is 0 Å². The average molecular weight is 291 g/mol. The van der Waals surface area contributed by atoms with E-state index in [0.717, 1.165) is 18.8 Å². The molecule has 1 aromatic rings. The van der Waals surface area contributed by atoms with Gasteiger partial charge in [-0.15, -0.1) is 11.8 Å². The van der Waals surface area contributed by atoms with E-state index in [1.165, 1.54) is 0 Å². The summed E-state index contributed by atoms with van der Waals surface area (Å²) in [6.45, 7) is 0. The fraction of sp³-hybridized carbons (Fsp3) is 0.300. The van der Waals surface area contributed by atoms with Crippen LogP contribution in [0.1, 0.15) is 10.6 Å². The van der Waals surface area contributed by atoms with E-state index in [9.17, 15) is 19.1 Å². The molecule has 1 amide bonds. The third kappa shape index (κ3) is 4.44. The summed E-state index contributed by atoms with van der Waals surface area (Å²) >= 11 is 0.804. The second-order valence-electron chi connectivity index (χ2n) is 3.58. The Balaban J connectivity index is 2.82. The van der Waals surface area contributed by atoms with Crippen molar-refractivity contribution in [3.8, 4) is 0 Å². The van der Waals surface area contributed by atoms with Crippen LogP contribution in [-0.2, 0) is 9.36 Å². The predicted molar refractivity (Wildman–Crippen MR) is 68.2 cm³/mol. The van der Waals surface area contributed by atoms with E-state index in [1.54, 1.807) is 30.3 Å². The number of nitrogens with zero attached hydrogens (tertiary/aromatic N) is 1. The number of hydrogen-bond acceptors (Lipinski definition) is 4. The summed E-state index contributed by atoms with van der Waals surface area (Å²) in [6.07, 6.45) is 0. The molecule has 0 aromatic heterocycles. The molecule has 100 valence electrons. The standard InChI is InChI=1S/C10H14NO5PS/c1-11(13)9(12)7-18-10(17(14,15)16)8-5-3-2-4-6-8/h2-6,10,13H,7H2,1H3,(H2,14,15,16)/t10-/m0/s1. The van der Waals surface area contributed by atoms with E-state index >= 15 is 0 Å². The molecule has 0 heterocycles. The molecule has 0 unspecified atom stereocenters. The molecule has 0 aliphatic heterocycles. The lowest BCUT2D eigenvalue weighted by Gasteiger charge is -2.18. The molecule has 0 spiro atoms. The Hall–Kier alpha value is -0.850. The van der Waals surface area contributed by atoms with Crippen molar-refractivity contribution >= 4 is 25.3 Å². The van der Waals surface area contributed by atoms with Crippen molar-refractivity contribution in [3.05, 3.63) is 35.9 Å². The lowest BCUT2D eigenvalue weighted by atomic mass is 10.2. The molecule has 0 saturated heterocycles. The first-order valence-corrected chi connectivity index (χ1v) is 7.72. The second kappa shape index (κ2) is 6.36. The fourth-order valence-corrected chi connectivity index (χ4v) is 3.65. The van der Waals surface area contributed by atoms with Gasteiger partial charge in [0.1, 0.15) is 4.99 Å². The number of benzene rings is 1. The van der Waals surface area contributed by atoms with Crippen molar-refractivity contribution in [1.29, 1.82) is 0 Å². The molecule has 1 aromatic carbocycles. The molecule has 6 nitrogen and oxygen atoms in total. The fourth-order valence-electron chi connectivity index (χ4n) is 1.25. The van der Waals surface area contributed by atoms with Crippen LogP contribution in [0.15, 0.2) is 30.3 Å². The number of thioether (sulfide) groups is 1. The van der Waals surface area contributed by atoms with Crippen LogP contribution in [0.25, 0.3) is 0 Å². The predicted octanol–water partition coefficient (Wildman–Crippen LogP) is 1.44. The van der Waals surface area contributed by atoms with Crippen LogP contribution in [0, 0.1) is 0 Å². The highest BCUT2D eigenvalue weighted by Crippen LogP contribution is 2.57. The van der Waals surface area contributed by atoms with Crippen molar-refractivity contribution in [1.82, 2.24) is 5.06 Å². The summed E-state index contributed by atoms with van der Waals surface area (Å²) in [4.78, 5) is 28.7. The van der Waals surface area contributed by atoms with Crippen molar-refractivity contribution < 1.29 is 24.4 Å². The number of hydrogen-bond donors (Lipinski definition) is 3. The smallest absolute Gasteiger partial charge is 0.323 e. The van der Waals surface area contributed by atoms with Crippen molar-refractivity contribution in [2.45, 2.75) is 4.99 Å². The lowest BCUT2D eigenvalue weighted by molar-refractivity contribution is -0.155. The molecular weight excluding hydrogens is 277 g/mol. The summed E-state index contributed by atoms with van der Waals surface area (Å²) in [5.41, 5.74) is 0.448. The monoisotopic (exact) mass is 291 g/mol. The molecule has 0 aliphatic carbocycles. The van der Waals surface area contributed by atoms with E-state index in [0.29, 0.717) is 10.6 Å². The van der Waals surface area contributed by atoms with Crippen molar-refractivity contribution in [3.63, 3.8) is 0 Å². The highest BCUT2D eigenvalue weighted by molar-refractivity contribution is 8.05. The molecule has 0 bridgehead atoms. The van der Waals surface area contributed by atoms with Gasteiger partial charge in [-0.25, -0.2) is 5.06 Å². The molecule has 3 N–H and O–H groups in total. The molecule has 1 atom stereocenters. The van der Waals surface area contributed by atoms with Gasteiger partial charge in [0, 0.05) is 7.05 Å². The summed E-state index contributed by atoms with van der Waals surface area (Å²) in [5.74, 6) is -0.827. The topological polar surface area (TPSA) is 98.1 Å². The van der Waals surface area contributed by atoms with Crippen LogP contribution in [0.3, 0.4) is 0 Å². The van der Waals surface area contributed by atoms with Crippen molar-refractivity contribution in [2.75, 3.05) is 12.8 Å². The van der Waals surface area contributed by atoms with Crippen LogP contribution in [0.5, 0.6) is 0 Å². The van der Waals surface area contributed by atoms with Crippen LogP contribution in [-0.4, -0.2) is 38.8 Å². The summed E-state index contributed by atoms with van der Waals surface area (Å²) in [7, 11) is -3.21. The van der Waals surface area contributed by atoms with E-state index < -0.39 is 18.5 Å². The zero-order valence-corrected chi connectivity index (χ0v) is 11.3. The van der Waals surface area contributed by atoms with Gasteiger partial charge in [0.2, 0.25) is 0 Å². The third-order valence-corrected chi connectivity index (χ3v) is 5.30. The quantitative estimate of drug-likeness (QED) is 0.431. The summed E-state index contributed by atoms with van der Waals surface area (Å²) in [6, 6.07) is 8.24. The average Bonchev–Trinajstić information content (AvgIpc) is 2.28. The number of carbonyl (C=O) groups is 1. The van der Waals surface area contributed by atoms with Gasteiger partial charge in [-0.1, -0.05) is 30.3 Å². The van der Waals surface area contributed by atoms with E-state index in [4.69, 9.17) is 5.21 Å². The van der Waals surface area contributed by atoms with Gasteiger partial charge >= 0.3 is 7.60 Å². The van der Waals surface area contributed by atoms with Gasteiger partial charge in [0.25, 0.3) is 5.91 Å².